The van der Waals surface area contributed by atoms with Gasteiger partial charge in [-0.25, -0.2) is 0 Å². The molecule has 4 aliphatic carbocycles. The van der Waals surface area contributed by atoms with E-state index in [4.69, 9.17) is 0 Å². The molecular formula is C33H46F2N2O3. The molecule has 7 heteroatoms. The molecular weight excluding hydrogens is 510 g/mol. The second-order valence-corrected chi connectivity index (χ2v) is 15.1. The molecule has 1 N–H and O–H groups in total. The molecule has 0 bridgehead atoms. The number of carbonyl (C=O) groups is 3. The maximum Gasteiger partial charge on any atom is 0.321 e. The van der Waals surface area contributed by atoms with Gasteiger partial charge in [0.1, 0.15) is 6.07 Å². The monoisotopic (exact) mass is 556 g/mol. The molecule has 0 heterocycles. The third-order valence-electron chi connectivity index (χ3n) is 11.2. The van der Waals surface area contributed by atoms with Crippen LogP contribution in [-0.4, -0.2) is 28.9 Å². The van der Waals surface area contributed by atoms with Crippen LogP contribution in [0.1, 0.15) is 100 Å². The Labute approximate surface area is 238 Å². The van der Waals surface area contributed by atoms with Gasteiger partial charge in [0, 0.05) is 29.2 Å². The lowest BCUT2D eigenvalue weighted by atomic mass is 9.49. The van der Waals surface area contributed by atoms with Crippen LogP contribution < -0.4 is 5.32 Å². The molecule has 5 nitrogen and oxygen atoms in total. The fraction of sp³-hybridized carbons (Fsp3) is 0.758. The summed E-state index contributed by atoms with van der Waals surface area (Å²) in [6.07, 6.45) is 8.52. The molecule has 0 aromatic rings. The first-order valence-corrected chi connectivity index (χ1v) is 14.9. The van der Waals surface area contributed by atoms with Crippen molar-refractivity contribution in [2.45, 2.75) is 112 Å². The number of nitrogens with one attached hydrogen (secondary N) is 1. The molecule has 7 atom stereocenters. The molecule has 1 amide bonds. The second kappa shape index (κ2) is 9.88. The number of alkyl halides is 2. The van der Waals surface area contributed by atoms with Crippen LogP contribution >= 0.6 is 0 Å². The minimum Gasteiger partial charge on any atom is -0.345 e. The number of fused-ring (bicyclic) bond motifs is 2. The highest BCUT2D eigenvalue weighted by atomic mass is 19.3. The third-order valence-corrected chi connectivity index (χ3v) is 11.2. The number of hydrogen-bond donors (Lipinski definition) is 1. The largest absolute Gasteiger partial charge is 0.345 e. The van der Waals surface area contributed by atoms with Gasteiger partial charge in [-0.2, -0.15) is 14.0 Å². The maximum absolute atomic E-state index is 14.4. The molecule has 4 rings (SSSR count). The number of allylic oxidation sites excluding steroid dienone is 4. The smallest absolute Gasteiger partial charge is 0.321 e. The molecule has 3 saturated carbocycles. The Morgan fingerprint density at radius 1 is 1.07 bits per heavy atom. The zero-order valence-electron chi connectivity index (χ0n) is 25.4. The van der Waals surface area contributed by atoms with E-state index in [2.05, 4.69) is 46.0 Å². The number of nitrogens with zero attached hydrogens (tertiary/aromatic N) is 1. The number of ketones is 2. The van der Waals surface area contributed by atoms with Gasteiger partial charge in [0.2, 0.25) is 0 Å². The summed E-state index contributed by atoms with van der Waals surface area (Å²) < 4.78 is 28.1. The number of hydrogen-bond acceptors (Lipinski definition) is 4. The molecule has 0 aliphatic heterocycles. The number of carbonyl (C=O) groups excluding carboxylic acids is 3. The van der Waals surface area contributed by atoms with E-state index in [9.17, 15) is 28.4 Å². The molecule has 0 aromatic heterocycles. The van der Waals surface area contributed by atoms with E-state index in [1.54, 1.807) is 12.2 Å². The topological polar surface area (TPSA) is 87.0 Å². The van der Waals surface area contributed by atoms with Crippen LogP contribution in [0.2, 0.25) is 0 Å². The van der Waals surface area contributed by atoms with Crippen molar-refractivity contribution < 1.29 is 23.2 Å². The Morgan fingerprint density at radius 3 is 2.33 bits per heavy atom. The zero-order valence-corrected chi connectivity index (χ0v) is 25.4. The highest BCUT2D eigenvalue weighted by Gasteiger charge is 2.58. The number of nitriles is 1. The summed E-state index contributed by atoms with van der Waals surface area (Å²) in [7, 11) is 0. The van der Waals surface area contributed by atoms with Gasteiger partial charge in [-0.15, -0.1) is 0 Å². The van der Waals surface area contributed by atoms with E-state index in [0.717, 1.165) is 24.8 Å². The summed E-state index contributed by atoms with van der Waals surface area (Å²) >= 11 is 0. The van der Waals surface area contributed by atoms with Crippen LogP contribution in [0.4, 0.5) is 8.78 Å². The lowest BCUT2D eigenvalue weighted by Crippen LogP contribution is -2.64. The first-order valence-electron chi connectivity index (χ1n) is 14.9. The van der Waals surface area contributed by atoms with Crippen LogP contribution in [0.15, 0.2) is 23.3 Å². The molecule has 0 radical (unpaired) electrons. The average molecular weight is 557 g/mol. The lowest BCUT2D eigenvalue weighted by molar-refractivity contribution is -0.151. The summed E-state index contributed by atoms with van der Waals surface area (Å²) in [4.78, 5) is 40.1. The van der Waals surface area contributed by atoms with E-state index >= 15 is 0 Å². The van der Waals surface area contributed by atoms with Crippen molar-refractivity contribution in [2.75, 3.05) is 0 Å². The second-order valence-electron chi connectivity index (χ2n) is 15.1. The summed E-state index contributed by atoms with van der Waals surface area (Å²) in [6.45, 7) is 15.0. The van der Waals surface area contributed by atoms with Gasteiger partial charge in [0.05, 0.1) is 5.57 Å². The molecule has 4 aliphatic rings. The van der Waals surface area contributed by atoms with Crippen molar-refractivity contribution in [1.82, 2.24) is 5.32 Å². The van der Waals surface area contributed by atoms with Gasteiger partial charge in [0.25, 0.3) is 5.91 Å². The molecule has 7 unspecified atom stereocenters. The molecule has 0 saturated heterocycles. The van der Waals surface area contributed by atoms with Gasteiger partial charge in [-0.1, -0.05) is 60.1 Å². The molecule has 0 spiro atoms. The summed E-state index contributed by atoms with van der Waals surface area (Å²) in [6, 6.07) is 2.11. The van der Waals surface area contributed by atoms with Gasteiger partial charge >= 0.3 is 5.92 Å². The number of Topliss-reactive ketones (excluding diaryl/α,β-unsaturated/α-hetero) is 1. The first-order chi connectivity index (χ1) is 18.3. The van der Waals surface area contributed by atoms with Crippen molar-refractivity contribution >= 4 is 17.5 Å². The standard InChI is InChI=1S/C33H46F2N2O3/c1-19-9-10-25-30(5,6)27(39)21(18-36)16-31(25,7)22(19)15-24(38)26-20(2)11-12-33(37-28(40)32(8,34)35)14-13-29(3,4)17-23(26)33/h15-16,19-20,23,25-26H,9-14,17H2,1-8H3,(H,37,40). The zero-order chi connectivity index (χ0) is 30.1. The van der Waals surface area contributed by atoms with Crippen molar-refractivity contribution in [3.8, 4) is 6.07 Å². The Balaban J connectivity index is 1.79. The van der Waals surface area contributed by atoms with E-state index in [1.165, 1.54) is 0 Å². The Kier molecular flexibility index (Phi) is 7.56. The lowest BCUT2D eigenvalue weighted by Gasteiger charge is -2.57. The van der Waals surface area contributed by atoms with Crippen LogP contribution in [-0.2, 0) is 14.4 Å². The Hall–Kier alpha value is -2.36. The number of halogens is 2. The Bertz CT molecular complexity index is 1200. The van der Waals surface area contributed by atoms with E-state index in [0.29, 0.717) is 32.6 Å². The highest BCUT2D eigenvalue weighted by Crippen LogP contribution is 2.59. The maximum atomic E-state index is 14.4. The molecule has 3 fully saturated rings. The van der Waals surface area contributed by atoms with Gasteiger partial charge in [-0.3, -0.25) is 14.4 Å². The highest BCUT2D eigenvalue weighted by molar-refractivity contribution is 6.04. The minimum atomic E-state index is -3.49. The number of rotatable bonds is 4. The molecule has 40 heavy (non-hydrogen) atoms. The minimum absolute atomic E-state index is 0.0258. The van der Waals surface area contributed by atoms with E-state index in [-0.39, 0.29) is 46.2 Å². The van der Waals surface area contributed by atoms with Crippen LogP contribution in [0, 0.1) is 57.2 Å². The van der Waals surface area contributed by atoms with Gasteiger partial charge < -0.3 is 5.32 Å². The van der Waals surface area contributed by atoms with Crippen molar-refractivity contribution in [3.63, 3.8) is 0 Å². The van der Waals surface area contributed by atoms with Crippen LogP contribution in [0.5, 0.6) is 0 Å². The van der Waals surface area contributed by atoms with Gasteiger partial charge in [-0.05, 0) is 80.1 Å². The quantitative estimate of drug-likeness (QED) is 0.379. The van der Waals surface area contributed by atoms with Crippen LogP contribution in [0.25, 0.3) is 0 Å². The molecule has 0 aromatic carbocycles. The normalized spacial score (nSPS) is 39.8. The molecule has 220 valence electrons. The predicted octanol–water partition coefficient (Wildman–Crippen LogP) is 6.98. The van der Waals surface area contributed by atoms with Crippen molar-refractivity contribution in [3.05, 3.63) is 23.3 Å². The first kappa shape index (κ1) is 30.6. The summed E-state index contributed by atoms with van der Waals surface area (Å²) in [5.74, 6) is -5.51. The van der Waals surface area contributed by atoms with Crippen molar-refractivity contribution in [1.29, 1.82) is 5.26 Å². The van der Waals surface area contributed by atoms with Crippen molar-refractivity contribution in [2.24, 2.45) is 45.8 Å². The Morgan fingerprint density at radius 2 is 1.73 bits per heavy atom. The van der Waals surface area contributed by atoms with Crippen LogP contribution in [0.3, 0.4) is 0 Å². The summed E-state index contributed by atoms with van der Waals surface area (Å²) in [5.41, 5.74) is -1.16. The fourth-order valence-electron chi connectivity index (χ4n) is 8.91. The fourth-order valence-corrected chi connectivity index (χ4v) is 8.91. The third kappa shape index (κ3) is 4.98. The van der Waals surface area contributed by atoms with E-state index in [1.807, 2.05) is 13.8 Å². The SMILES string of the molecule is CC1CCC2C(C)(C)C(=O)C(C#N)=CC2(C)C1=CC(=O)C1C(C)CCC2(NC(=O)C(C)(F)F)CCC(C)(C)CC12. The number of amides is 1. The predicted molar refractivity (Wildman–Crippen MR) is 150 cm³/mol. The van der Waals surface area contributed by atoms with E-state index < -0.39 is 34.1 Å². The summed E-state index contributed by atoms with van der Waals surface area (Å²) in [5, 5.41) is 12.6. The average Bonchev–Trinajstić information content (AvgIpc) is 2.83. The van der Waals surface area contributed by atoms with Gasteiger partial charge in [0.15, 0.2) is 11.6 Å².